The van der Waals surface area contributed by atoms with Crippen LogP contribution in [0.1, 0.15) is 27.0 Å². The van der Waals surface area contributed by atoms with E-state index in [2.05, 4.69) is 0 Å². The maximum absolute atomic E-state index is 13.3. The van der Waals surface area contributed by atoms with E-state index in [9.17, 15) is 9.18 Å². The standard InChI is InChI=1S/C27H21ClFNO4/c1-15-8-20(33-14-16-4-5-18(29)10-22(16)28)12-24-26(15)27(31)25(34-24)9-17-13-30(2)23-7-6-19(32-3)11-21(17)23/h4-13H,14H2,1-3H3/b25-9-. The Bertz CT molecular complexity index is 1490. The van der Waals surface area contributed by atoms with Crippen LogP contribution in [0.2, 0.25) is 5.02 Å². The number of nitrogens with zero attached hydrogens (tertiary/aromatic N) is 1. The number of methoxy groups -OCH3 is 1. The zero-order valence-electron chi connectivity index (χ0n) is 18.8. The Kier molecular flexibility index (Phi) is 5.54. The first-order chi connectivity index (χ1) is 16.3. The van der Waals surface area contributed by atoms with Gasteiger partial charge in [-0.1, -0.05) is 17.7 Å². The van der Waals surface area contributed by atoms with Crippen molar-refractivity contribution in [3.05, 3.63) is 93.6 Å². The number of halogens is 2. The van der Waals surface area contributed by atoms with Crippen molar-refractivity contribution in [2.24, 2.45) is 7.05 Å². The fourth-order valence-electron chi connectivity index (χ4n) is 4.15. The molecule has 1 aliphatic rings. The molecule has 1 aliphatic heterocycles. The molecule has 0 N–H and O–H groups in total. The van der Waals surface area contributed by atoms with Crippen molar-refractivity contribution in [2.45, 2.75) is 13.5 Å². The third kappa shape index (κ3) is 3.90. The van der Waals surface area contributed by atoms with Gasteiger partial charge in [-0.3, -0.25) is 4.79 Å². The minimum absolute atomic E-state index is 0.159. The molecule has 2 heterocycles. The number of Topliss-reactive ketones (excluding diaryl/α,β-unsaturated/α-hetero) is 1. The Morgan fingerprint density at radius 2 is 1.94 bits per heavy atom. The van der Waals surface area contributed by atoms with Crippen LogP contribution in [0, 0.1) is 12.7 Å². The first-order valence-corrected chi connectivity index (χ1v) is 11.0. The zero-order valence-corrected chi connectivity index (χ0v) is 19.6. The summed E-state index contributed by atoms with van der Waals surface area (Å²) in [4.78, 5) is 13.1. The summed E-state index contributed by atoms with van der Waals surface area (Å²) in [5, 5.41) is 1.25. The number of ketones is 1. The molecule has 0 spiro atoms. The Morgan fingerprint density at radius 3 is 2.71 bits per heavy atom. The van der Waals surface area contributed by atoms with Gasteiger partial charge in [-0.2, -0.15) is 0 Å². The van der Waals surface area contributed by atoms with Crippen molar-refractivity contribution in [2.75, 3.05) is 7.11 Å². The van der Waals surface area contributed by atoms with Crippen LogP contribution in [0.5, 0.6) is 17.2 Å². The predicted molar refractivity (Wildman–Crippen MR) is 129 cm³/mol. The van der Waals surface area contributed by atoms with Gasteiger partial charge >= 0.3 is 0 Å². The van der Waals surface area contributed by atoms with Crippen molar-refractivity contribution in [3.8, 4) is 17.2 Å². The second-order valence-electron chi connectivity index (χ2n) is 8.16. The lowest BCUT2D eigenvalue weighted by Crippen LogP contribution is -2.00. The van der Waals surface area contributed by atoms with Crippen LogP contribution in [0.4, 0.5) is 4.39 Å². The van der Waals surface area contributed by atoms with Crippen LogP contribution >= 0.6 is 11.6 Å². The van der Waals surface area contributed by atoms with Crippen molar-refractivity contribution in [1.82, 2.24) is 4.57 Å². The number of carbonyl (C=O) groups excluding carboxylic acids is 1. The van der Waals surface area contributed by atoms with Crippen molar-refractivity contribution >= 4 is 34.4 Å². The van der Waals surface area contributed by atoms with E-state index in [1.807, 2.05) is 42.9 Å². The number of carbonyl (C=O) groups is 1. The lowest BCUT2D eigenvalue weighted by Gasteiger charge is -2.10. The molecular weight excluding hydrogens is 457 g/mol. The average molecular weight is 478 g/mol. The van der Waals surface area contributed by atoms with Gasteiger partial charge in [0.25, 0.3) is 0 Å². The molecule has 0 radical (unpaired) electrons. The van der Waals surface area contributed by atoms with Gasteiger partial charge in [0.15, 0.2) is 5.76 Å². The summed E-state index contributed by atoms with van der Waals surface area (Å²) in [6.07, 6.45) is 3.70. The zero-order chi connectivity index (χ0) is 24.0. The molecule has 0 bridgehead atoms. The number of ether oxygens (including phenoxy) is 3. The predicted octanol–water partition coefficient (Wildman–Crippen LogP) is 6.48. The molecule has 34 heavy (non-hydrogen) atoms. The molecule has 7 heteroatoms. The smallest absolute Gasteiger partial charge is 0.232 e. The highest BCUT2D eigenvalue weighted by Gasteiger charge is 2.30. The van der Waals surface area contributed by atoms with Gasteiger partial charge in [0, 0.05) is 41.3 Å². The van der Waals surface area contributed by atoms with Crippen molar-refractivity contribution < 1.29 is 23.4 Å². The molecule has 4 aromatic rings. The van der Waals surface area contributed by atoms with E-state index in [1.54, 1.807) is 31.4 Å². The summed E-state index contributed by atoms with van der Waals surface area (Å²) in [5.74, 6) is 1.36. The Labute approximate surface area is 200 Å². The van der Waals surface area contributed by atoms with Crippen LogP contribution in [0.3, 0.4) is 0 Å². The van der Waals surface area contributed by atoms with Gasteiger partial charge in [0.2, 0.25) is 5.78 Å². The van der Waals surface area contributed by atoms with Crippen molar-refractivity contribution in [1.29, 1.82) is 0 Å². The number of hydrogen-bond acceptors (Lipinski definition) is 4. The first kappa shape index (κ1) is 22.0. The van der Waals surface area contributed by atoms with E-state index >= 15 is 0 Å². The molecule has 172 valence electrons. The monoisotopic (exact) mass is 477 g/mol. The van der Waals surface area contributed by atoms with Crippen molar-refractivity contribution in [3.63, 3.8) is 0 Å². The molecule has 0 fully saturated rings. The maximum Gasteiger partial charge on any atom is 0.232 e. The van der Waals surface area contributed by atoms with Gasteiger partial charge in [0.05, 0.1) is 17.7 Å². The highest BCUT2D eigenvalue weighted by atomic mass is 35.5. The molecule has 5 nitrogen and oxygen atoms in total. The van der Waals surface area contributed by atoms with E-state index < -0.39 is 5.82 Å². The summed E-state index contributed by atoms with van der Waals surface area (Å²) >= 11 is 6.09. The Morgan fingerprint density at radius 1 is 1.12 bits per heavy atom. The second-order valence-corrected chi connectivity index (χ2v) is 8.56. The molecule has 0 amide bonds. The van der Waals surface area contributed by atoms with Crippen LogP contribution in [0.15, 0.2) is 60.5 Å². The van der Waals surface area contributed by atoms with Gasteiger partial charge in [-0.25, -0.2) is 4.39 Å². The molecule has 3 aromatic carbocycles. The summed E-state index contributed by atoms with van der Waals surface area (Å²) in [6, 6.07) is 13.4. The lowest BCUT2D eigenvalue weighted by molar-refractivity contribution is 0.101. The fraction of sp³-hybridized carbons (Fsp3) is 0.148. The van der Waals surface area contributed by atoms with Crippen LogP contribution in [-0.2, 0) is 13.7 Å². The quantitative estimate of drug-likeness (QED) is 0.308. The number of hydrogen-bond donors (Lipinski definition) is 0. The maximum atomic E-state index is 13.3. The normalized spacial score (nSPS) is 13.9. The molecular formula is C27H21ClFNO4. The summed E-state index contributed by atoms with van der Waals surface area (Å²) in [7, 11) is 3.57. The number of benzene rings is 3. The van der Waals surface area contributed by atoms with E-state index in [4.69, 9.17) is 25.8 Å². The first-order valence-electron chi connectivity index (χ1n) is 10.6. The van der Waals surface area contributed by atoms with E-state index in [0.29, 0.717) is 27.6 Å². The van der Waals surface area contributed by atoms with Crippen LogP contribution < -0.4 is 14.2 Å². The largest absolute Gasteiger partial charge is 0.497 e. The molecule has 1 aromatic heterocycles. The molecule has 0 saturated heterocycles. The minimum Gasteiger partial charge on any atom is -0.497 e. The highest BCUT2D eigenvalue weighted by molar-refractivity contribution is 6.31. The SMILES string of the molecule is COc1ccc2c(c1)c(/C=C1\Oc3cc(OCc4ccc(F)cc4Cl)cc(C)c3C1=O)cn2C. The van der Waals surface area contributed by atoms with Crippen LogP contribution in [-0.4, -0.2) is 17.5 Å². The highest BCUT2D eigenvalue weighted by Crippen LogP contribution is 2.38. The molecule has 0 aliphatic carbocycles. The molecule has 0 atom stereocenters. The summed E-state index contributed by atoms with van der Waals surface area (Å²) < 4.78 is 32.5. The fourth-order valence-corrected chi connectivity index (χ4v) is 4.37. The molecule has 0 saturated carbocycles. The number of rotatable bonds is 5. The number of allylic oxidation sites excluding steroid dienone is 1. The van der Waals surface area contributed by atoms with Gasteiger partial charge in [0.1, 0.15) is 29.7 Å². The lowest BCUT2D eigenvalue weighted by atomic mass is 10.0. The summed E-state index contributed by atoms with van der Waals surface area (Å²) in [5.41, 5.74) is 3.78. The summed E-state index contributed by atoms with van der Waals surface area (Å²) in [6.45, 7) is 2.00. The van der Waals surface area contributed by atoms with E-state index in [1.165, 1.54) is 12.1 Å². The van der Waals surface area contributed by atoms with E-state index in [-0.39, 0.29) is 18.1 Å². The average Bonchev–Trinajstić information content (AvgIpc) is 3.29. The van der Waals surface area contributed by atoms with E-state index in [0.717, 1.165) is 27.8 Å². The van der Waals surface area contributed by atoms with Gasteiger partial charge in [-0.15, -0.1) is 0 Å². The molecule has 5 rings (SSSR count). The second kappa shape index (κ2) is 8.54. The number of fused-ring (bicyclic) bond motifs is 2. The Hall–Kier alpha value is -3.77. The topological polar surface area (TPSA) is 49.7 Å². The third-order valence-corrected chi connectivity index (χ3v) is 6.22. The minimum atomic E-state index is -0.405. The van der Waals surface area contributed by atoms with Gasteiger partial charge < -0.3 is 18.8 Å². The number of aromatic nitrogens is 1. The molecule has 0 unspecified atom stereocenters. The van der Waals surface area contributed by atoms with Gasteiger partial charge in [-0.05, 0) is 55.0 Å². The number of aryl methyl sites for hydroxylation is 2. The Balaban J connectivity index is 1.44. The van der Waals surface area contributed by atoms with Crippen LogP contribution in [0.25, 0.3) is 17.0 Å². The third-order valence-electron chi connectivity index (χ3n) is 5.87.